The van der Waals surface area contributed by atoms with Gasteiger partial charge in [-0.3, -0.25) is 4.79 Å². The molecule has 0 saturated heterocycles. The molecule has 3 nitrogen and oxygen atoms in total. The van der Waals surface area contributed by atoms with E-state index in [2.05, 4.69) is 10.6 Å². The van der Waals surface area contributed by atoms with Gasteiger partial charge in [-0.2, -0.15) is 0 Å². The summed E-state index contributed by atoms with van der Waals surface area (Å²) in [6.45, 7) is 7.47. The summed E-state index contributed by atoms with van der Waals surface area (Å²) in [5.74, 6) is -0.268. The average molecular weight is 280 g/mol. The molecule has 1 amide bonds. The van der Waals surface area contributed by atoms with Gasteiger partial charge in [0.25, 0.3) is 0 Å². The van der Waals surface area contributed by atoms with Crippen LogP contribution in [0.5, 0.6) is 0 Å². The van der Waals surface area contributed by atoms with Crippen molar-refractivity contribution in [3.05, 3.63) is 35.6 Å². The molecule has 2 N–H and O–H groups in total. The van der Waals surface area contributed by atoms with Crippen LogP contribution in [0.2, 0.25) is 0 Å². The molecule has 0 radical (unpaired) electrons. The second-order valence-corrected chi connectivity index (χ2v) is 5.24. The topological polar surface area (TPSA) is 41.1 Å². The predicted molar refractivity (Wildman–Crippen MR) is 80.0 cm³/mol. The zero-order chi connectivity index (χ0) is 15.0. The molecule has 0 fully saturated rings. The molecular formula is C16H25FN2O. The van der Waals surface area contributed by atoms with Crippen molar-refractivity contribution in [3.8, 4) is 0 Å². The number of rotatable bonds is 8. The molecule has 0 heterocycles. The second-order valence-electron chi connectivity index (χ2n) is 5.24. The number of carbonyl (C=O) groups is 1. The summed E-state index contributed by atoms with van der Waals surface area (Å²) in [6.07, 6.45) is 1.24. The van der Waals surface area contributed by atoms with Gasteiger partial charge < -0.3 is 10.6 Å². The quantitative estimate of drug-likeness (QED) is 0.768. The van der Waals surface area contributed by atoms with E-state index >= 15 is 0 Å². The van der Waals surface area contributed by atoms with Crippen molar-refractivity contribution in [1.82, 2.24) is 10.6 Å². The van der Waals surface area contributed by atoms with Crippen LogP contribution in [-0.2, 0) is 11.2 Å². The maximum absolute atomic E-state index is 13.5. The maximum Gasteiger partial charge on any atom is 0.222 e. The Morgan fingerprint density at radius 1 is 1.30 bits per heavy atom. The van der Waals surface area contributed by atoms with Gasteiger partial charge in [0.15, 0.2) is 0 Å². The molecule has 0 aliphatic carbocycles. The van der Waals surface area contributed by atoms with Gasteiger partial charge >= 0.3 is 0 Å². The van der Waals surface area contributed by atoms with Crippen molar-refractivity contribution in [3.63, 3.8) is 0 Å². The smallest absolute Gasteiger partial charge is 0.222 e. The van der Waals surface area contributed by atoms with Gasteiger partial charge in [-0.15, -0.1) is 0 Å². The Labute approximate surface area is 121 Å². The summed E-state index contributed by atoms with van der Waals surface area (Å²) in [5, 5.41) is 6.16. The summed E-state index contributed by atoms with van der Waals surface area (Å²) < 4.78 is 13.5. The van der Waals surface area contributed by atoms with E-state index in [9.17, 15) is 9.18 Å². The fourth-order valence-corrected chi connectivity index (χ4v) is 2.05. The number of hydrogen-bond acceptors (Lipinski definition) is 2. The minimum Gasteiger partial charge on any atom is -0.354 e. The van der Waals surface area contributed by atoms with Crippen LogP contribution in [0, 0.1) is 11.7 Å². The zero-order valence-electron chi connectivity index (χ0n) is 12.6. The monoisotopic (exact) mass is 280 g/mol. The SMILES string of the molecule is CCN[C@H](C)CNC(=O)C(C)CCc1ccccc1F. The van der Waals surface area contributed by atoms with Gasteiger partial charge in [0.2, 0.25) is 5.91 Å². The summed E-state index contributed by atoms with van der Waals surface area (Å²) in [7, 11) is 0. The lowest BCUT2D eigenvalue weighted by molar-refractivity contribution is -0.124. The lowest BCUT2D eigenvalue weighted by Crippen LogP contribution is -2.40. The largest absolute Gasteiger partial charge is 0.354 e. The third-order valence-corrected chi connectivity index (χ3v) is 3.39. The molecular weight excluding hydrogens is 255 g/mol. The van der Waals surface area contributed by atoms with Crippen LogP contribution in [0.25, 0.3) is 0 Å². The summed E-state index contributed by atoms with van der Waals surface area (Å²) in [6, 6.07) is 6.99. The summed E-state index contributed by atoms with van der Waals surface area (Å²) >= 11 is 0. The lowest BCUT2D eigenvalue weighted by Gasteiger charge is -2.16. The predicted octanol–water partition coefficient (Wildman–Crippen LogP) is 2.51. The van der Waals surface area contributed by atoms with Gasteiger partial charge in [0, 0.05) is 18.5 Å². The van der Waals surface area contributed by atoms with Crippen LogP contribution < -0.4 is 10.6 Å². The first-order valence-electron chi connectivity index (χ1n) is 7.29. The number of amides is 1. The molecule has 0 aliphatic rings. The van der Waals surface area contributed by atoms with Crippen molar-refractivity contribution in [2.45, 2.75) is 39.7 Å². The summed E-state index contributed by atoms with van der Waals surface area (Å²) in [4.78, 5) is 11.9. The number of benzene rings is 1. The third-order valence-electron chi connectivity index (χ3n) is 3.39. The van der Waals surface area contributed by atoms with E-state index in [1.54, 1.807) is 12.1 Å². The molecule has 2 atom stereocenters. The van der Waals surface area contributed by atoms with E-state index in [-0.39, 0.29) is 23.7 Å². The van der Waals surface area contributed by atoms with Gasteiger partial charge in [-0.05, 0) is 37.9 Å². The van der Waals surface area contributed by atoms with E-state index in [1.165, 1.54) is 6.07 Å². The molecule has 0 saturated carbocycles. The highest BCUT2D eigenvalue weighted by atomic mass is 19.1. The minimum absolute atomic E-state index is 0.0334. The highest BCUT2D eigenvalue weighted by Gasteiger charge is 2.14. The second kappa shape index (κ2) is 8.69. The van der Waals surface area contributed by atoms with E-state index in [4.69, 9.17) is 0 Å². The Balaban J connectivity index is 2.33. The molecule has 1 unspecified atom stereocenters. The molecule has 1 aromatic rings. The van der Waals surface area contributed by atoms with Crippen molar-refractivity contribution in [2.24, 2.45) is 5.92 Å². The number of likely N-dealkylation sites (N-methyl/N-ethyl adjacent to an activating group) is 1. The Morgan fingerprint density at radius 2 is 2.00 bits per heavy atom. The van der Waals surface area contributed by atoms with Crippen LogP contribution >= 0.6 is 0 Å². The van der Waals surface area contributed by atoms with Crippen molar-refractivity contribution in [2.75, 3.05) is 13.1 Å². The van der Waals surface area contributed by atoms with Gasteiger partial charge in [-0.1, -0.05) is 32.0 Å². The van der Waals surface area contributed by atoms with Crippen LogP contribution in [0.4, 0.5) is 4.39 Å². The molecule has 0 bridgehead atoms. The van der Waals surface area contributed by atoms with Crippen molar-refractivity contribution in [1.29, 1.82) is 0 Å². The van der Waals surface area contributed by atoms with Crippen LogP contribution in [0.3, 0.4) is 0 Å². The molecule has 1 rings (SSSR count). The Kier molecular flexibility index (Phi) is 7.23. The fourth-order valence-electron chi connectivity index (χ4n) is 2.05. The highest BCUT2D eigenvalue weighted by Crippen LogP contribution is 2.13. The van der Waals surface area contributed by atoms with E-state index in [0.29, 0.717) is 24.9 Å². The van der Waals surface area contributed by atoms with E-state index < -0.39 is 0 Å². The number of halogens is 1. The number of nitrogens with one attached hydrogen (secondary N) is 2. The lowest BCUT2D eigenvalue weighted by atomic mass is 10.00. The van der Waals surface area contributed by atoms with Crippen molar-refractivity contribution >= 4 is 5.91 Å². The van der Waals surface area contributed by atoms with Crippen LogP contribution in [-0.4, -0.2) is 25.0 Å². The molecule has 0 spiro atoms. The third kappa shape index (κ3) is 5.70. The van der Waals surface area contributed by atoms with E-state index in [1.807, 2.05) is 26.8 Å². The van der Waals surface area contributed by atoms with Gasteiger partial charge in [0.1, 0.15) is 5.82 Å². The van der Waals surface area contributed by atoms with Crippen LogP contribution in [0.1, 0.15) is 32.8 Å². The average Bonchev–Trinajstić information content (AvgIpc) is 2.44. The molecule has 1 aromatic carbocycles. The number of carbonyl (C=O) groups excluding carboxylic acids is 1. The molecule has 4 heteroatoms. The Hall–Kier alpha value is -1.42. The first-order chi connectivity index (χ1) is 9.54. The standard InChI is InChI=1S/C16H25FN2O/c1-4-18-13(3)11-19-16(20)12(2)9-10-14-7-5-6-8-15(14)17/h5-8,12-13,18H,4,9-11H2,1-3H3,(H,19,20)/t12?,13-/m1/s1. The maximum atomic E-state index is 13.5. The Bertz CT molecular complexity index is 423. The first-order valence-corrected chi connectivity index (χ1v) is 7.29. The van der Waals surface area contributed by atoms with Gasteiger partial charge in [0.05, 0.1) is 0 Å². The van der Waals surface area contributed by atoms with E-state index in [0.717, 1.165) is 6.54 Å². The molecule has 0 aliphatic heterocycles. The van der Waals surface area contributed by atoms with Crippen LogP contribution in [0.15, 0.2) is 24.3 Å². The number of aryl methyl sites for hydroxylation is 1. The van der Waals surface area contributed by atoms with Gasteiger partial charge in [-0.25, -0.2) is 4.39 Å². The first kappa shape index (κ1) is 16.6. The fraction of sp³-hybridized carbons (Fsp3) is 0.562. The molecule has 0 aromatic heterocycles. The molecule has 112 valence electrons. The molecule has 20 heavy (non-hydrogen) atoms. The summed E-state index contributed by atoms with van der Waals surface area (Å²) in [5.41, 5.74) is 0.674. The zero-order valence-corrected chi connectivity index (χ0v) is 12.6. The number of hydrogen-bond donors (Lipinski definition) is 2. The normalized spacial score (nSPS) is 13.8. The minimum atomic E-state index is -0.194. The van der Waals surface area contributed by atoms with Crippen molar-refractivity contribution < 1.29 is 9.18 Å². The Morgan fingerprint density at radius 3 is 2.65 bits per heavy atom. The highest BCUT2D eigenvalue weighted by molar-refractivity contribution is 5.78.